The number of fused-ring (bicyclic) bond motifs is 2. The van der Waals surface area contributed by atoms with Crippen LogP contribution in [0.3, 0.4) is 0 Å². The second-order valence-electron chi connectivity index (χ2n) is 7.18. The average Bonchev–Trinajstić information content (AvgIpc) is 3.13. The lowest BCUT2D eigenvalue weighted by molar-refractivity contribution is 0.632. The van der Waals surface area contributed by atoms with Gasteiger partial charge in [-0.25, -0.2) is 15.0 Å². The second-order valence-corrected chi connectivity index (χ2v) is 9.53. The summed E-state index contributed by atoms with van der Waals surface area (Å²) in [5.41, 5.74) is 3.33. The van der Waals surface area contributed by atoms with Crippen molar-refractivity contribution in [3.05, 3.63) is 66.1 Å². The highest BCUT2D eigenvalue weighted by molar-refractivity contribution is 8.01. The predicted molar refractivity (Wildman–Crippen MR) is 121 cm³/mol. The largest absolute Gasteiger partial charge is 0.378 e. The van der Waals surface area contributed by atoms with Crippen molar-refractivity contribution in [1.82, 2.24) is 15.0 Å². The van der Waals surface area contributed by atoms with E-state index in [-0.39, 0.29) is 6.04 Å². The van der Waals surface area contributed by atoms with Gasteiger partial charge in [-0.05, 0) is 43.7 Å². The van der Waals surface area contributed by atoms with Crippen LogP contribution in [0.2, 0.25) is 0 Å². The number of benzene rings is 2. The smallest absolute Gasteiger partial charge is 0.155 e. The first kappa shape index (κ1) is 18.4. The summed E-state index contributed by atoms with van der Waals surface area (Å²) in [6.07, 6.45) is 2.98. The number of hydrogen-bond acceptors (Lipinski definition) is 7. The van der Waals surface area contributed by atoms with Crippen LogP contribution in [0.25, 0.3) is 10.2 Å². The number of nitrogens with one attached hydrogen (secondary N) is 1. The van der Waals surface area contributed by atoms with E-state index < -0.39 is 0 Å². The molecule has 29 heavy (non-hydrogen) atoms. The first-order chi connectivity index (χ1) is 14.2. The van der Waals surface area contributed by atoms with Gasteiger partial charge in [0.2, 0.25) is 0 Å². The Balaban J connectivity index is 1.37. The van der Waals surface area contributed by atoms with Crippen molar-refractivity contribution in [2.75, 3.05) is 23.8 Å². The normalized spacial score (nSPS) is 16.1. The van der Waals surface area contributed by atoms with Gasteiger partial charge in [0, 0.05) is 35.9 Å². The van der Waals surface area contributed by atoms with E-state index in [0.717, 1.165) is 45.7 Å². The maximum absolute atomic E-state index is 4.74. The third kappa shape index (κ3) is 3.80. The minimum atomic E-state index is 0.213. The average molecular weight is 420 g/mol. The molecule has 0 saturated heterocycles. The Morgan fingerprint density at radius 3 is 2.93 bits per heavy atom. The number of thiazole rings is 1. The standard InChI is InChI=1S/C22H21N5S2/c1-14-23-13-17-18(10-11-27(2)21(17)24-14)25-15-6-5-7-16(12-15)28-22-26-19-8-3-4-9-20(19)29-22/h3-9,12-13,18,25H,10-11H2,1-2H3. The van der Waals surface area contributed by atoms with E-state index in [1.54, 1.807) is 23.1 Å². The molecule has 0 aliphatic carbocycles. The molecular formula is C22H21N5S2. The fourth-order valence-electron chi connectivity index (χ4n) is 3.60. The quantitative estimate of drug-likeness (QED) is 0.469. The third-order valence-corrected chi connectivity index (χ3v) is 7.15. The van der Waals surface area contributed by atoms with E-state index in [4.69, 9.17) is 4.98 Å². The van der Waals surface area contributed by atoms with Gasteiger partial charge in [0.25, 0.3) is 0 Å². The molecule has 146 valence electrons. The number of hydrogen-bond donors (Lipinski definition) is 1. The highest BCUT2D eigenvalue weighted by Crippen LogP contribution is 2.37. The van der Waals surface area contributed by atoms with Gasteiger partial charge in [-0.2, -0.15) is 0 Å². The molecule has 2 aromatic heterocycles. The van der Waals surface area contributed by atoms with Crippen molar-refractivity contribution in [3.8, 4) is 0 Å². The van der Waals surface area contributed by atoms with Crippen molar-refractivity contribution >= 4 is 44.8 Å². The van der Waals surface area contributed by atoms with Crippen molar-refractivity contribution in [2.45, 2.75) is 28.6 Å². The van der Waals surface area contributed by atoms with Gasteiger partial charge in [0.1, 0.15) is 11.6 Å². The van der Waals surface area contributed by atoms with E-state index in [0.29, 0.717) is 0 Å². The van der Waals surface area contributed by atoms with E-state index in [1.165, 1.54) is 9.60 Å². The molecule has 7 heteroatoms. The van der Waals surface area contributed by atoms with Crippen LogP contribution in [0, 0.1) is 6.92 Å². The van der Waals surface area contributed by atoms with Crippen LogP contribution < -0.4 is 10.2 Å². The summed E-state index contributed by atoms with van der Waals surface area (Å²) in [5, 5.41) is 3.69. The molecule has 5 rings (SSSR count). The number of para-hydroxylation sites is 1. The van der Waals surface area contributed by atoms with Crippen molar-refractivity contribution in [3.63, 3.8) is 0 Å². The SMILES string of the molecule is Cc1ncc2c(n1)N(C)CCC2Nc1cccc(Sc2nc3ccccc3s2)c1. The van der Waals surface area contributed by atoms with Crippen LogP contribution in [0.4, 0.5) is 11.5 Å². The van der Waals surface area contributed by atoms with Gasteiger partial charge < -0.3 is 10.2 Å². The Morgan fingerprint density at radius 1 is 1.14 bits per heavy atom. The molecule has 1 N–H and O–H groups in total. The van der Waals surface area contributed by atoms with E-state index >= 15 is 0 Å². The minimum Gasteiger partial charge on any atom is -0.378 e. The number of rotatable bonds is 4. The lowest BCUT2D eigenvalue weighted by Gasteiger charge is -2.32. The summed E-state index contributed by atoms with van der Waals surface area (Å²) in [6.45, 7) is 2.91. The van der Waals surface area contributed by atoms with Crippen LogP contribution in [-0.4, -0.2) is 28.5 Å². The first-order valence-electron chi connectivity index (χ1n) is 9.60. The molecule has 4 aromatic rings. The number of nitrogens with zero attached hydrogens (tertiary/aromatic N) is 4. The van der Waals surface area contributed by atoms with Crippen LogP contribution in [-0.2, 0) is 0 Å². The van der Waals surface area contributed by atoms with Gasteiger partial charge >= 0.3 is 0 Å². The molecular weight excluding hydrogens is 398 g/mol. The number of anilines is 2. The molecule has 0 bridgehead atoms. The molecule has 0 saturated carbocycles. The van der Waals surface area contributed by atoms with Crippen LogP contribution in [0.5, 0.6) is 0 Å². The van der Waals surface area contributed by atoms with Gasteiger partial charge in [0.15, 0.2) is 4.34 Å². The Bertz CT molecular complexity index is 1140. The molecule has 0 amide bonds. The summed E-state index contributed by atoms with van der Waals surface area (Å²) in [4.78, 5) is 17.2. The van der Waals surface area contributed by atoms with Gasteiger partial charge in [-0.15, -0.1) is 11.3 Å². The summed E-state index contributed by atoms with van der Waals surface area (Å²) in [6, 6.07) is 17.0. The number of aryl methyl sites for hydroxylation is 1. The fourth-order valence-corrected chi connectivity index (χ4v) is 5.70. The van der Waals surface area contributed by atoms with Crippen molar-refractivity contribution < 1.29 is 0 Å². The zero-order valence-electron chi connectivity index (χ0n) is 16.3. The molecule has 2 aromatic carbocycles. The molecule has 5 nitrogen and oxygen atoms in total. The number of aromatic nitrogens is 3. The molecule has 1 atom stereocenters. The van der Waals surface area contributed by atoms with Crippen molar-refractivity contribution in [1.29, 1.82) is 0 Å². The predicted octanol–water partition coefficient (Wildman–Crippen LogP) is 5.54. The molecule has 0 spiro atoms. The van der Waals surface area contributed by atoms with E-state index in [1.807, 2.05) is 19.2 Å². The zero-order valence-corrected chi connectivity index (χ0v) is 17.9. The molecule has 1 aliphatic rings. The van der Waals surface area contributed by atoms with E-state index in [9.17, 15) is 0 Å². The topological polar surface area (TPSA) is 53.9 Å². The Labute approximate surface area is 178 Å². The summed E-state index contributed by atoms with van der Waals surface area (Å²) in [7, 11) is 2.09. The van der Waals surface area contributed by atoms with E-state index in [2.05, 4.69) is 69.7 Å². The van der Waals surface area contributed by atoms with Crippen LogP contribution in [0.1, 0.15) is 23.9 Å². The molecule has 3 heterocycles. The Morgan fingerprint density at radius 2 is 2.03 bits per heavy atom. The van der Waals surface area contributed by atoms with Crippen LogP contribution in [0.15, 0.2) is 64.0 Å². The molecule has 1 unspecified atom stereocenters. The van der Waals surface area contributed by atoms with Gasteiger partial charge in [0.05, 0.1) is 16.3 Å². The molecule has 0 radical (unpaired) electrons. The maximum Gasteiger partial charge on any atom is 0.155 e. The summed E-state index contributed by atoms with van der Waals surface area (Å²) >= 11 is 3.45. The van der Waals surface area contributed by atoms with Gasteiger partial charge in [-0.3, -0.25) is 0 Å². The maximum atomic E-state index is 4.74. The second kappa shape index (κ2) is 7.65. The fraction of sp³-hybridized carbons (Fsp3) is 0.227. The third-order valence-electron chi connectivity index (χ3n) is 5.06. The van der Waals surface area contributed by atoms with Crippen LogP contribution >= 0.6 is 23.1 Å². The lowest BCUT2D eigenvalue weighted by Crippen LogP contribution is -2.31. The summed E-state index contributed by atoms with van der Waals surface area (Å²) in [5.74, 6) is 1.84. The highest BCUT2D eigenvalue weighted by Gasteiger charge is 2.25. The zero-order chi connectivity index (χ0) is 19.8. The van der Waals surface area contributed by atoms with Gasteiger partial charge in [-0.1, -0.05) is 30.0 Å². The molecule has 0 fully saturated rings. The monoisotopic (exact) mass is 419 g/mol. The minimum absolute atomic E-state index is 0.213. The Kier molecular flexibility index (Phi) is 4.85. The first-order valence-corrected chi connectivity index (χ1v) is 11.2. The Hall–Kier alpha value is -2.64. The lowest BCUT2D eigenvalue weighted by atomic mass is 10.0. The molecule has 1 aliphatic heterocycles. The van der Waals surface area contributed by atoms with Crippen molar-refractivity contribution in [2.24, 2.45) is 0 Å². The highest BCUT2D eigenvalue weighted by atomic mass is 32.2. The summed E-state index contributed by atoms with van der Waals surface area (Å²) < 4.78 is 2.29.